The zero-order valence-electron chi connectivity index (χ0n) is 18.6. The van der Waals surface area contributed by atoms with Crippen LogP contribution in [0.1, 0.15) is 28.8 Å². The second kappa shape index (κ2) is 8.56. The quantitative estimate of drug-likeness (QED) is 0.339. The van der Waals surface area contributed by atoms with E-state index in [4.69, 9.17) is 10.7 Å². The molecule has 3 amide bonds. The molecule has 0 radical (unpaired) electrons. The van der Waals surface area contributed by atoms with Gasteiger partial charge < -0.3 is 10.6 Å². The summed E-state index contributed by atoms with van der Waals surface area (Å²) in [5.41, 5.74) is 11.6. The van der Waals surface area contributed by atoms with Gasteiger partial charge in [-0.1, -0.05) is 18.2 Å². The molecule has 3 heterocycles. The van der Waals surface area contributed by atoms with Gasteiger partial charge in [-0.25, -0.2) is 4.98 Å². The molecule has 3 aromatic carbocycles. The number of imidazole rings is 1. The van der Waals surface area contributed by atoms with E-state index in [0.29, 0.717) is 24.2 Å². The average Bonchev–Trinajstić information content (AvgIpc) is 3.37. The van der Waals surface area contributed by atoms with Crippen LogP contribution in [0.4, 0.5) is 5.69 Å². The summed E-state index contributed by atoms with van der Waals surface area (Å²) in [7, 11) is 0. The third-order valence-electron chi connectivity index (χ3n) is 6.49. The van der Waals surface area contributed by atoms with Crippen molar-refractivity contribution in [3.63, 3.8) is 0 Å². The molecule has 8 nitrogen and oxygen atoms in total. The summed E-state index contributed by atoms with van der Waals surface area (Å²) >= 11 is 0. The molecule has 0 saturated carbocycles. The Hall–Kier alpha value is -4.17. The molecule has 3 N–H and O–H groups in total. The minimum Gasteiger partial charge on any atom is -0.399 e. The van der Waals surface area contributed by atoms with E-state index >= 15 is 0 Å². The highest BCUT2D eigenvalue weighted by Gasteiger charge is 2.39. The molecule has 6 rings (SSSR count). The van der Waals surface area contributed by atoms with Gasteiger partial charge in [0.1, 0.15) is 11.9 Å². The fraction of sp³-hybridized carbons (Fsp3) is 0.154. The zero-order valence-corrected chi connectivity index (χ0v) is 19.4. The number of hydrogen-bond donors (Lipinski definition) is 2. The monoisotopic (exact) mass is 487 g/mol. The Morgan fingerprint density at radius 1 is 0.971 bits per heavy atom. The largest absolute Gasteiger partial charge is 0.399 e. The molecule has 1 saturated heterocycles. The summed E-state index contributed by atoms with van der Waals surface area (Å²) in [6.07, 6.45) is 0.567. The number of rotatable bonds is 3. The summed E-state index contributed by atoms with van der Waals surface area (Å²) in [5.74, 6) is -0.152. The first-order valence-corrected chi connectivity index (χ1v) is 11.1. The average molecular weight is 488 g/mol. The van der Waals surface area contributed by atoms with E-state index in [0.717, 1.165) is 33.7 Å². The topological polar surface area (TPSA) is 110 Å². The molecule has 1 fully saturated rings. The molecule has 0 bridgehead atoms. The van der Waals surface area contributed by atoms with Crippen molar-refractivity contribution in [2.45, 2.75) is 25.4 Å². The number of aromatic nitrogens is 2. The zero-order chi connectivity index (χ0) is 23.4. The predicted molar refractivity (Wildman–Crippen MR) is 134 cm³/mol. The van der Waals surface area contributed by atoms with Crippen molar-refractivity contribution >= 4 is 46.8 Å². The molecule has 35 heavy (non-hydrogen) atoms. The highest BCUT2D eigenvalue weighted by molar-refractivity contribution is 6.05. The van der Waals surface area contributed by atoms with Crippen LogP contribution in [0, 0.1) is 0 Å². The Bertz CT molecular complexity index is 1490. The van der Waals surface area contributed by atoms with Gasteiger partial charge >= 0.3 is 0 Å². The number of fused-ring (bicyclic) bond motifs is 2. The molecule has 176 valence electrons. The highest BCUT2D eigenvalue weighted by Crippen LogP contribution is 2.33. The van der Waals surface area contributed by atoms with Crippen LogP contribution in [0.2, 0.25) is 0 Å². The lowest BCUT2D eigenvalue weighted by molar-refractivity contribution is -0.136. The van der Waals surface area contributed by atoms with Gasteiger partial charge in [0, 0.05) is 35.5 Å². The summed E-state index contributed by atoms with van der Waals surface area (Å²) in [6.45, 7) is 0.316. The van der Waals surface area contributed by atoms with Crippen molar-refractivity contribution in [1.29, 1.82) is 0 Å². The minimum atomic E-state index is -0.639. The predicted octanol–water partition coefficient (Wildman–Crippen LogP) is 3.46. The van der Waals surface area contributed by atoms with Crippen molar-refractivity contribution < 1.29 is 14.4 Å². The van der Waals surface area contributed by atoms with Gasteiger partial charge in [-0.2, -0.15) is 0 Å². The lowest BCUT2D eigenvalue weighted by Crippen LogP contribution is -2.52. The van der Waals surface area contributed by atoms with Gasteiger partial charge in [-0.3, -0.25) is 24.3 Å². The maximum absolute atomic E-state index is 13.1. The Morgan fingerprint density at radius 3 is 2.51 bits per heavy atom. The Balaban J connectivity index is 0.00000253. The van der Waals surface area contributed by atoms with Crippen molar-refractivity contribution in [2.75, 3.05) is 5.73 Å². The van der Waals surface area contributed by atoms with E-state index in [-0.39, 0.29) is 30.6 Å². The second-order valence-electron chi connectivity index (χ2n) is 8.62. The van der Waals surface area contributed by atoms with Gasteiger partial charge in [0.15, 0.2) is 0 Å². The number of nitrogens with two attached hydrogens (primary N) is 1. The molecular formula is C26H22ClN5O3. The van der Waals surface area contributed by atoms with E-state index in [1.54, 1.807) is 11.0 Å². The normalized spacial score (nSPS) is 17.3. The second-order valence-corrected chi connectivity index (χ2v) is 8.62. The standard InChI is InChI=1S/C26H21N5O3.ClH/c27-17-6-8-18(9-7-17)31-21-4-2-1-3-20(21)28-24(31)15-5-10-19-16(13-15)14-30(26(19)34)22-11-12-23(32)29-25(22)33;/h1-10,13,22H,11-12,14,27H2,(H,29,32,33);1H. The lowest BCUT2D eigenvalue weighted by atomic mass is 10.0. The first-order chi connectivity index (χ1) is 16.5. The number of anilines is 1. The fourth-order valence-electron chi connectivity index (χ4n) is 4.82. The number of nitrogens with one attached hydrogen (secondary N) is 1. The van der Waals surface area contributed by atoms with Crippen molar-refractivity contribution in [3.05, 3.63) is 77.9 Å². The molecule has 2 aliphatic rings. The summed E-state index contributed by atoms with van der Waals surface area (Å²) in [6, 6.07) is 20.5. The van der Waals surface area contributed by atoms with Crippen molar-refractivity contribution in [2.24, 2.45) is 0 Å². The van der Waals surface area contributed by atoms with E-state index in [1.165, 1.54) is 0 Å². The number of para-hydroxylation sites is 2. The Morgan fingerprint density at radius 2 is 1.74 bits per heavy atom. The molecule has 9 heteroatoms. The van der Waals surface area contributed by atoms with Gasteiger partial charge in [0.2, 0.25) is 11.8 Å². The van der Waals surface area contributed by atoms with Crippen molar-refractivity contribution in [1.82, 2.24) is 19.8 Å². The third-order valence-corrected chi connectivity index (χ3v) is 6.49. The molecule has 1 aromatic heterocycles. The summed E-state index contributed by atoms with van der Waals surface area (Å²) in [4.78, 5) is 43.4. The van der Waals surface area contributed by atoms with Crippen LogP contribution >= 0.6 is 12.4 Å². The number of benzene rings is 3. The van der Waals surface area contributed by atoms with E-state index < -0.39 is 11.9 Å². The minimum absolute atomic E-state index is 0. The molecule has 1 unspecified atom stereocenters. The van der Waals surface area contributed by atoms with Crippen molar-refractivity contribution in [3.8, 4) is 17.1 Å². The number of piperidine rings is 1. The number of halogens is 1. The number of amides is 3. The molecule has 0 aliphatic carbocycles. The van der Waals surface area contributed by atoms with Crippen LogP contribution in [0.3, 0.4) is 0 Å². The van der Waals surface area contributed by atoms with E-state index in [2.05, 4.69) is 9.88 Å². The van der Waals surface area contributed by atoms with Gasteiger partial charge in [-0.15, -0.1) is 12.4 Å². The fourth-order valence-corrected chi connectivity index (χ4v) is 4.82. The first-order valence-electron chi connectivity index (χ1n) is 11.1. The Kier molecular flexibility index (Phi) is 5.53. The van der Waals surface area contributed by atoms with E-state index in [1.807, 2.05) is 60.7 Å². The van der Waals surface area contributed by atoms with Crippen LogP contribution in [0.15, 0.2) is 66.7 Å². The summed E-state index contributed by atoms with van der Waals surface area (Å²) < 4.78 is 2.07. The van der Waals surface area contributed by atoms with Crippen LogP contribution in [0.25, 0.3) is 28.1 Å². The lowest BCUT2D eigenvalue weighted by Gasteiger charge is -2.29. The molecule has 0 spiro atoms. The van der Waals surface area contributed by atoms with Crippen LogP contribution in [0.5, 0.6) is 0 Å². The molecular weight excluding hydrogens is 466 g/mol. The maximum atomic E-state index is 13.1. The van der Waals surface area contributed by atoms with Gasteiger partial charge in [-0.05, 0) is 60.5 Å². The molecule has 1 atom stereocenters. The highest BCUT2D eigenvalue weighted by atomic mass is 35.5. The van der Waals surface area contributed by atoms with Crippen LogP contribution in [-0.2, 0) is 16.1 Å². The smallest absolute Gasteiger partial charge is 0.255 e. The van der Waals surface area contributed by atoms with Gasteiger partial charge in [0.05, 0.1) is 11.0 Å². The Labute approximate surface area is 207 Å². The molecule has 2 aliphatic heterocycles. The summed E-state index contributed by atoms with van der Waals surface area (Å²) in [5, 5.41) is 2.34. The maximum Gasteiger partial charge on any atom is 0.255 e. The SMILES string of the molecule is Cl.Nc1ccc(-n2c(-c3ccc4c(c3)CN(C3CCC(=O)NC3=O)C4=O)nc3ccccc32)cc1. The number of hydrogen-bond acceptors (Lipinski definition) is 5. The number of imide groups is 1. The van der Waals surface area contributed by atoms with Gasteiger partial charge in [0.25, 0.3) is 5.91 Å². The first kappa shape index (κ1) is 22.6. The third kappa shape index (κ3) is 3.72. The number of carbonyl (C=O) groups is 3. The van der Waals surface area contributed by atoms with Crippen LogP contribution in [-0.4, -0.2) is 38.2 Å². The van der Waals surface area contributed by atoms with Crippen LogP contribution < -0.4 is 11.1 Å². The molecule has 4 aromatic rings. The van der Waals surface area contributed by atoms with E-state index in [9.17, 15) is 14.4 Å². The number of nitrogens with zero attached hydrogens (tertiary/aromatic N) is 3. The number of carbonyl (C=O) groups excluding carboxylic acids is 3. The number of nitrogen functional groups attached to an aromatic ring is 1.